The standard InChI is InChI=1S/C24H26N2O2S/c1-27-19-11-7-16(8-12-19)15-18-5-4-6-21-22(25-24(29-3)26-23(18)21)17-9-13-20(28-2)14-10-17/h7-15,22H,4-6H2,1-3H3,(H,25,26)/t22-/m1/s1. The summed E-state index contributed by atoms with van der Waals surface area (Å²) < 4.78 is 10.6. The number of allylic oxidation sites excluding steroid dienone is 1. The molecule has 2 aromatic rings. The Bertz CT molecular complexity index is 959. The Labute approximate surface area is 176 Å². The highest BCUT2D eigenvalue weighted by atomic mass is 32.2. The number of rotatable bonds is 4. The SMILES string of the molecule is COc1ccc(C=C2CCCC3=C2NC(SC)=N[C@@H]3c2ccc(OC)cc2)cc1. The van der Waals surface area contributed by atoms with Crippen molar-refractivity contribution >= 4 is 23.0 Å². The molecule has 4 nitrogen and oxygen atoms in total. The van der Waals surface area contributed by atoms with Gasteiger partial charge < -0.3 is 14.8 Å². The second-order valence-electron chi connectivity index (χ2n) is 7.14. The number of nitrogens with one attached hydrogen (secondary N) is 1. The fourth-order valence-corrected chi connectivity index (χ4v) is 4.32. The minimum atomic E-state index is 0.0548. The lowest BCUT2D eigenvalue weighted by Crippen LogP contribution is -2.30. The molecule has 0 saturated heterocycles. The average molecular weight is 407 g/mol. The van der Waals surface area contributed by atoms with Crippen molar-refractivity contribution in [1.29, 1.82) is 0 Å². The number of hydrogen-bond donors (Lipinski definition) is 1. The van der Waals surface area contributed by atoms with Gasteiger partial charge in [0.05, 0.1) is 14.2 Å². The number of amidine groups is 1. The molecule has 1 heterocycles. The van der Waals surface area contributed by atoms with E-state index in [-0.39, 0.29) is 6.04 Å². The summed E-state index contributed by atoms with van der Waals surface area (Å²) in [6.45, 7) is 0. The van der Waals surface area contributed by atoms with Crippen molar-refractivity contribution in [1.82, 2.24) is 5.32 Å². The Morgan fingerprint density at radius 1 is 0.966 bits per heavy atom. The smallest absolute Gasteiger partial charge is 0.161 e. The maximum Gasteiger partial charge on any atom is 0.161 e. The predicted molar refractivity (Wildman–Crippen MR) is 122 cm³/mol. The molecule has 0 bridgehead atoms. The van der Waals surface area contributed by atoms with Gasteiger partial charge >= 0.3 is 0 Å². The van der Waals surface area contributed by atoms with Crippen LogP contribution in [0.3, 0.4) is 0 Å². The molecule has 1 N–H and O–H groups in total. The highest BCUT2D eigenvalue weighted by Crippen LogP contribution is 2.41. The number of ether oxygens (including phenoxy) is 2. The van der Waals surface area contributed by atoms with E-state index in [1.165, 1.54) is 28.0 Å². The summed E-state index contributed by atoms with van der Waals surface area (Å²) in [5, 5.41) is 4.56. The van der Waals surface area contributed by atoms with Crippen LogP contribution < -0.4 is 14.8 Å². The molecule has 0 spiro atoms. The van der Waals surface area contributed by atoms with Crippen molar-refractivity contribution in [2.45, 2.75) is 25.3 Å². The Morgan fingerprint density at radius 3 is 2.24 bits per heavy atom. The van der Waals surface area contributed by atoms with E-state index in [1.807, 2.05) is 24.3 Å². The maximum absolute atomic E-state index is 5.32. The van der Waals surface area contributed by atoms with Gasteiger partial charge in [0.15, 0.2) is 5.17 Å². The first kappa shape index (κ1) is 19.6. The third-order valence-electron chi connectivity index (χ3n) is 5.42. The fraction of sp³-hybridized carbons (Fsp3) is 0.292. The van der Waals surface area contributed by atoms with E-state index in [4.69, 9.17) is 14.5 Å². The quantitative estimate of drug-likeness (QED) is 0.719. The van der Waals surface area contributed by atoms with Gasteiger partial charge in [-0.15, -0.1) is 0 Å². The predicted octanol–water partition coefficient (Wildman–Crippen LogP) is 5.59. The van der Waals surface area contributed by atoms with Crippen LogP contribution in [0.1, 0.15) is 36.4 Å². The van der Waals surface area contributed by atoms with E-state index < -0.39 is 0 Å². The summed E-state index contributed by atoms with van der Waals surface area (Å²) in [5.41, 5.74) is 6.35. The lowest BCUT2D eigenvalue weighted by atomic mass is 9.84. The summed E-state index contributed by atoms with van der Waals surface area (Å²) in [6, 6.07) is 16.6. The molecule has 0 unspecified atom stereocenters. The first-order valence-corrected chi connectivity index (χ1v) is 11.0. The van der Waals surface area contributed by atoms with Gasteiger partial charge in [-0.25, -0.2) is 4.99 Å². The highest BCUT2D eigenvalue weighted by molar-refractivity contribution is 8.13. The van der Waals surface area contributed by atoms with E-state index in [9.17, 15) is 0 Å². The van der Waals surface area contributed by atoms with Crippen LogP contribution >= 0.6 is 11.8 Å². The van der Waals surface area contributed by atoms with E-state index in [0.717, 1.165) is 35.9 Å². The van der Waals surface area contributed by atoms with E-state index in [2.05, 4.69) is 41.9 Å². The molecule has 0 amide bonds. The summed E-state index contributed by atoms with van der Waals surface area (Å²) in [4.78, 5) is 5.00. The third kappa shape index (κ3) is 4.20. The van der Waals surface area contributed by atoms with Crippen LogP contribution in [-0.2, 0) is 0 Å². The van der Waals surface area contributed by atoms with E-state index >= 15 is 0 Å². The second-order valence-corrected chi connectivity index (χ2v) is 7.93. The molecular weight excluding hydrogens is 380 g/mol. The van der Waals surface area contributed by atoms with Gasteiger partial charge in [-0.1, -0.05) is 36.0 Å². The third-order valence-corrected chi connectivity index (χ3v) is 6.02. The van der Waals surface area contributed by atoms with Gasteiger partial charge in [-0.3, -0.25) is 0 Å². The Morgan fingerprint density at radius 2 is 1.62 bits per heavy atom. The number of hydrogen-bond acceptors (Lipinski definition) is 5. The van der Waals surface area contributed by atoms with Crippen LogP contribution in [0.15, 0.2) is 70.4 Å². The Kier molecular flexibility index (Phi) is 5.95. The first-order chi connectivity index (χ1) is 14.2. The fourth-order valence-electron chi connectivity index (χ4n) is 3.91. The normalized spacial score (nSPS) is 20.0. The zero-order valence-electron chi connectivity index (χ0n) is 17.1. The van der Waals surface area contributed by atoms with Crippen molar-refractivity contribution in [2.24, 2.45) is 4.99 Å². The molecule has 29 heavy (non-hydrogen) atoms. The Hall–Kier alpha value is -2.66. The van der Waals surface area contributed by atoms with Gasteiger partial charge in [0.25, 0.3) is 0 Å². The van der Waals surface area contributed by atoms with Crippen LogP contribution in [0.4, 0.5) is 0 Å². The molecule has 1 aliphatic carbocycles. The molecule has 0 fully saturated rings. The van der Waals surface area contributed by atoms with Crippen molar-refractivity contribution < 1.29 is 9.47 Å². The van der Waals surface area contributed by atoms with Crippen molar-refractivity contribution in [3.63, 3.8) is 0 Å². The topological polar surface area (TPSA) is 42.8 Å². The minimum absolute atomic E-state index is 0.0548. The molecule has 150 valence electrons. The molecule has 4 rings (SSSR count). The molecule has 0 radical (unpaired) electrons. The average Bonchev–Trinajstić information content (AvgIpc) is 2.79. The molecule has 1 atom stereocenters. The van der Waals surface area contributed by atoms with Crippen LogP contribution in [0.2, 0.25) is 0 Å². The Balaban J connectivity index is 1.72. The second kappa shape index (κ2) is 8.78. The number of nitrogens with zero attached hydrogens (tertiary/aromatic N) is 1. The monoisotopic (exact) mass is 406 g/mol. The summed E-state index contributed by atoms with van der Waals surface area (Å²) in [6.07, 6.45) is 7.62. The van der Waals surface area contributed by atoms with Crippen molar-refractivity contribution in [3.05, 3.63) is 76.5 Å². The minimum Gasteiger partial charge on any atom is -0.497 e. The first-order valence-electron chi connectivity index (χ1n) is 9.82. The molecule has 0 saturated carbocycles. The molecule has 2 aromatic carbocycles. The molecule has 2 aliphatic rings. The lowest BCUT2D eigenvalue weighted by molar-refractivity contribution is 0.414. The number of benzene rings is 2. The van der Waals surface area contributed by atoms with Crippen LogP contribution in [0, 0.1) is 0 Å². The van der Waals surface area contributed by atoms with Crippen LogP contribution in [0.25, 0.3) is 6.08 Å². The number of aliphatic imine (C=N–C) groups is 1. The molecule has 1 aliphatic heterocycles. The summed E-state index contributed by atoms with van der Waals surface area (Å²) in [5.74, 6) is 1.75. The van der Waals surface area contributed by atoms with Crippen molar-refractivity contribution in [2.75, 3.05) is 20.5 Å². The largest absolute Gasteiger partial charge is 0.497 e. The molecular formula is C24H26N2O2S. The number of thioether (sulfide) groups is 1. The van der Waals surface area contributed by atoms with Gasteiger partial charge in [0.2, 0.25) is 0 Å². The van der Waals surface area contributed by atoms with Crippen LogP contribution in [0.5, 0.6) is 11.5 Å². The van der Waals surface area contributed by atoms with Gasteiger partial charge in [-0.05, 0) is 78.1 Å². The maximum atomic E-state index is 5.32. The zero-order valence-corrected chi connectivity index (χ0v) is 17.9. The van der Waals surface area contributed by atoms with Gasteiger partial charge in [0, 0.05) is 5.70 Å². The van der Waals surface area contributed by atoms with E-state index in [0.29, 0.717) is 0 Å². The molecule has 5 heteroatoms. The van der Waals surface area contributed by atoms with Crippen molar-refractivity contribution in [3.8, 4) is 11.5 Å². The summed E-state index contributed by atoms with van der Waals surface area (Å²) >= 11 is 1.66. The van der Waals surface area contributed by atoms with Gasteiger partial charge in [-0.2, -0.15) is 0 Å². The van der Waals surface area contributed by atoms with Crippen LogP contribution in [-0.4, -0.2) is 25.6 Å². The lowest BCUT2D eigenvalue weighted by Gasteiger charge is -2.32. The molecule has 0 aromatic heterocycles. The highest BCUT2D eigenvalue weighted by Gasteiger charge is 2.29. The van der Waals surface area contributed by atoms with E-state index in [1.54, 1.807) is 26.0 Å². The van der Waals surface area contributed by atoms with Gasteiger partial charge in [0.1, 0.15) is 17.5 Å². The zero-order chi connectivity index (χ0) is 20.2. The summed E-state index contributed by atoms with van der Waals surface area (Å²) in [7, 11) is 3.39. The number of methoxy groups -OCH3 is 2.